The van der Waals surface area contributed by atoms with E-state index in [-0.39, 0.29) is 37.0 Å². The number of esters is 2. The Hall–Kier alpha value is -3.34. The van der Waals surface area contributed by atoms with Gasteiger partial charge >= 0.3 is 24.2 Å². The van der Waals surface area contributed by atoms with Crippen LogP contribution in [0.15, 0.2) is 18.2 Å². The van der Waals surface area contributed by atoms with Gasteiger partial charge in [0.05, 0.1) is 12.5 Å². The van der Waals surface area contributed by atoms with Crippen LogP contribution in [0.1, 0.15) is 67.9 Å². The molecule has 0 radical (unpaired) electrons. The maximum absolute atomic E-state index is 12.4. The lowest BCUT2D eigenvalue weighted by molar-refractivity contribution is -0.152. The van der Waals surface area contributed by atoms with Crippen molar-refractivity contribution in [1.82, 2.24) is 5.32 Å². The van der Waals surface area contributed by atoms with E-state index in [4.69, 9.17) is 28.4 Å². The Bertz CT molecular complexity index is 983. The molecule has 1 aromatic rings. The van der Waals surface area contributed by atoms with Gasteiger partial charge in [0.25, 0.3) is 0 Å². The molecule has 0 amide bonds. The van der Waals surface area contributed by atoms with Crippen molar-refractivity contribution in [2.75, 3.05) is 20.3 Å². The molecule has 0 unspecified atom stereocenters. The number of rotatable bonds is 9. The topological polar surface area (TPSA) is 136 Å². The minimum atomic E-state index is -1.01. The van der Waals surface area contributed by atoms with Crippen molar-refractivity contribution >= 4 is 24.2 Å². The summed E-state index contributed by atoms with van der Waals surface area (Å²) in [6.45, 7) is 15.5. The minimum absolute atomic E-state index is 0.0548. The number of hydrogen-bond donors (Lipinski definition) is 1. The van der Waals surface area contributed by atoms with E-state index in [1.165, 1.54) is 19.2 Å². The Balaban J connectivity index is 3.09. The second kappa shape index (κ2) is 13.5. The summed E-state index contributed by atoms with van der Waals surface area (Å²) in [5.41, 5.74) is -1.72. The van der Waals surface area contributed by atoms with E-state index in [2.05, 4.69) is 5.32 Å². The molecule has 38 heavy (non-hydrogen) atoms. The summed E-state index contributed by atoms with van der Waals surface area (Å²) >= 11 is 0. The number of hydrogen-bond acceptors (Lipinski definition) is 11. The standard InChI is InChI=1S/C27H41NO10/c1-25(2,3)22(30)34-14-13-28-18(21(29)33-10)15-17-11-12-19(35-23(31)37-26(4,5)6)20(16-17)36-24(32)38-27(7,8)9/h11-12,16,18,28H,13-15H2,1-10H3/t18-/m0/s1. The number of ether oxygens (including phenoxy) is 6. The number of carbonyl (C=O) groups is 4. The van der Waals surface area contributed by atoms with Crippen molar-refractivity contribution in [3.8, 4) is 11.5 Å². The molecule has 0 spiro atoms. The first-order valence-electron chi connectivity index (χ1n) is 12.2. The van der Waals surface area contributed by atoms with Crippen LogP contribution < -0.4 is 14.8 Å². The summed E-state index contributed by atoms with van der Waals surface area (Å²) in [7, 11) is 1.26. The van der Waals surface area contributed by atoms with Gasteiger partial charge in [-0.2, -0.15) is 0 Å². The molecule has 0 aliphatic heterocycles. The Kier molecular flexibility index (Phi) is 11.6. The SMILES string of the molecule is COC(=O)[C@H](Cc1ccc(OC(=O)OC(C)(C)C)c(OC(=O)OC(C)(C)C)c1)NCCOC(=O)C(C)(C)C. The first kappa shape index (κ1) is 32.7. The zero-order valence-corrected chi connectivity index (χ0v) is 24.0. The van der Waals surface area contributed by atoms with E-state index < -0.39 is 40.9 Å². The van der Waals surface area contributed by atoms with Crippen molar-refractivity contribution in [3.63, 3.8) is 0 Å². The third-order valence-electron chi connectivity index (χ3n) is 4.44. The highest BCUT2D eigenvalue weighted by molar-refractivity contribution is 5.76. The van der Waals surface area contributed by atoms with Crippen LogP contribution in [-0.4, -0.2) is 61.8 Å². The molecule has 11 heteroatoms. The zero-order valence-electron chi connectivity index (χ0n) is 24.0. The summed E-state index contributed by atoms with van der Waals surface area (Å²) in [4.78, 5) is 48.9. The van der Waals surface area contributed by atoms with Gasteiger partial charge in [0.1, 0.15) is 23.9 Å². The molecule has 1 rings (SSSR count). The molecule has 11 nitrogen and oxygen atoms in total. The van der Waals surface area contributed by atoms with Gasteiger partial charge in [0.15, 0.2) is 11.5 Å². The average Bonchev–Trinajstić information content (AvgIpc) is 2.73. The summed E-state index contributed by atoms with van der Waals surface area (Å²) in [6, 6.07) is 3.65. The molecule has 0 saturated heterocycles. The molecule has 0 saturated carbocycles. The fourth-order valence-corrected chi connectivity index (χ4v) is 2.77. The molecule has 0 bridgehead atoms. The number of nitrogens with one attached hydrogen (secondary N) is 1. The monoisotopic (exact) mass is 539 g/mol. The molecule has 214 valence electrons. The highest BCUT2D eigenvalue weighted by atomic mass is 16.8. The summed E-state index contributed by atoms with van der Waals surface area (Å²) in [5, 5.41) is 3.00. The first-order valence-corrected chi connectivity index (χ1v) is 12.2. The Morgan fingerprint density at radius 1 is 0.816 bits per heavy atom. The molecule has 0 aliphatic rings. The molecule has 0 aromatic heterocycles. The van der Waals surface area contributed by atoms with E-state index >= 15 is 0 Å². The predicted molar refractivity (Wildman–Crippen MR) is 138 cm³/mol. The highest BCUT2D eigenvalue weighted by Crippen LogP contribution is 2.31. The van der Waals surface area contributed by atoms with Gasteiger partial charge in [0, 0.05) is 6.54 Å². The molecule has 1 N–H and O–H groups in total. The first-order chi connectivity index (χ1) is 17.3. The smallest absolute Gasteiger partial charge is 0.468 e. The molecule has 0 fully saturated rings. The lowest BCUT2D eigenvalue weighted by Crippen LogP contribution is -2.41. The third kappa shape index (κ3) is 12.8. The van der Waals surface area contributed by atoms with Crippen LogP contribution in [0.2, 0.25) is 0 Å². The molecular weight excluding hydrogens is 498 g/mol. The Morgan fingerprint density at radius 2 is 1.34 bits per heavy atom. The third-order valence-corrected chi connectivity index (χ3v) is 4.44. The zero-order chi connectivity index (χ0) is 29.3. The van der Waals surface area contributed by atoms with Crippen molar-refractivity contribution in [1.29, 1.82) is 0 Å². The van der Waals surface area contributed by atoms with Crippen LogP contribution in [0.5, 0.6) is 11.5 Å². The van der Waals surface area contributed by atoms with Gasteiger partial charge in [-0.15, -0.1) is 0 Å². The van der Waals surface area contributed by atoms with E-state index in [0.29, 0.717) is 5.56 Å². The normalized spacial score (nSPS) is 12.7. The summed E-state index contributed by atoms with van der Waals surface area (Å²) < 4.78 is 31.1. The molecule has 0 heterocycles. The second-order valence-corrected chi connectivity index (χ2v) is 11.5. The fraction of sp³-hybridized carbons (Fsp3) is 0.630. The molecule has 1 aromatic carbocycles. The van der Waals surface area contributed by atoms with Crippen LogP contribution in [0, 0.1) is 5.41 Å². The Morgan fingerprint density at radius 3 is 1.82 bits per heavy atom. The van der Waals surface area contributed by atoms with Gasteiger partial charge in [0.2, 0.25) is 0 Å². The van der Waals surface area contributed by atoms with Crippen LogP contribution in [-0.2, 0) is 35.0 Å². The van der Waals surface area contributed by atoms with Crippen molar-refractivity contribution < 1.29 is 47.6 Å². The second-order valence-electron chi connectivity index (χ2n) is 11.5. The molecule has 1 atom stereocenters. The van der Waals surface area contributed by atoms with Crippen LogP contribution in [0.4, 0.5) is 9.59 Å². The number of methoxy groups -OCH3 is 1. The summed E-state index contributed by atoms with van der Waals surface area (Å²) in [5.74, 6) is -1.09. The minimum Gasteiger partial charge on any atom is -0.468 e. The van der Waals surface area contributed by atoms with Crippen molar-refractivity contribution in [2.45, 2.75) is 86.0 Å². The largest absolute Gasteiger partial charge is 0.514 e. The van der Waals surface area contributed by atoms with E-state index in [1.54, 1.807) is 68.4 Å². The molecule has 0 aliphatic carbocycles. The van der Waals surface area contributed by atoms with E-state index in [0.717, 1.165) is 0 Å². The van der Waals surface area contributed by atoms with E-state index in [1.807, 2.05) is 0 Å². The van der Waals surface area contributed by atoms with Crippen LogP contribution >= 0.6 is 0 Å². The Labute approximate surface area is 224 Å². The predicted octanol–water partition coefficient (Wildman–Crippen LogP) is 4.58. The van der Waals surface area contributed by atoms with Gasteiger partial charge in [-0.05, 0) is 86.4 Å². The fourth-order valence-electron chi connectivity index (χ4n) is 2.77. The van der Waals surface area contributed by atoms with Gasteiger partial charge < -0.3 is 33.7 Å². The van der Waals surface area contributed by atoms with Gasteiger partial charge in [-0.25, -0.2) is 9.59 Å². The van der Waals surface area contributed by atoms with Crippen LogP contribution in [0.25, 0.3) is 0 Å². The highest BCUT2D eigenvalue weighted by Gasteiger charge is 2.26. The quantitative estimate of drug-likeness (QED) is 0.204. The average molecular weight is 540 g/mol. The van der Waals surface area contributed by atoms with E-state index in [9.17, 15) is 19.2 Å². The van der Waals surface area contributed by atoms with Crippen molar-refractivity contribution in [2.24, 2.45) is 5.41 Å². The summed E-state index contributed by atoms with van der Waals surface area (Å²) in [6.07, 6.45) is -1.87. The lowest BCUT2D eigenvalue weighted by atomic mass is 9.97. The number of carbonyl (C=O) groups excluding carboxylic acids is 4. The van der Waals surface area contributed by atoms with Gasteiger partial charge in [-0.3, -0.25) is 9.59 Å². The van der Waals surface area contributed by atoms with Crippen LogP contribution in [0.3, 0.4) is 0 Å². The molecular formula is C27H41NO10. The van der Waals surface area contributed by atoms with Crippen molar-refractivity contribution in [3.05, 3.63) is 23.8 Å². The maximum atomic E-state index is 12.4. The number of benzene rings is 1. The maximum Gasteiger partial charge on any atom is 0.514 e. The lowest BCUT2D eigenvalue weighted by Gasteiger charge is -2.21. The van der Waals surface area contributed by atoms with Gasteiger partial charge in [-0.1, -0.05) is 6.07 Å².